The molecular weight excluding hydrogens is 370 g/mol. The Morgan fingerprint density at radius 2 is 1.93 bits per heavy atom. The summed E-state index contributed by atoms with van der Waals surface area (Å²) in [5.41, 5.74) is 1.99. The Morgan fingerprint density at radius 1 is 1.22 bits per heavy atom. The molecular formula is C17H19N5O4S. The summed E-state index contributed by atoms with van der Waals surface area (Å²) < 4.78 is 5.31. The van der Waals surface area contributed by atoms with Gasteiger partial charge in [0, 0.05) is 31.1 Å². The molecule has 0 spiro atoms. The predicted octanol–water partition coefficient (Wildman–Crippen LogP) is 2.33. The van der Waals surface area contributed by atoms with Crippen LogP contribution in [-0.4, -0.2) is 48.6 Å². The van der Waals surface area contributed by atoms with E-state index in [1.54, 1.807) is 17.4 Å². The van der Waals surface area contributed by atoms with Crippen molar-refractivity contribution in [2.45, 2.75) is 13.8 Å². The number of hydrogen-bond donors (Lipinski definition) is 1. The van der Waals surface area contributed by atoms with Crippen molar-refractivity contribution >= 4 is 39.4 Å². The summed E-state index contributed by atoms with van der Waals surface area (Å²) in [6, 6.07) is 3.03. The average Bonchev–Trinajstić information content (AvgIpc) is 2.99. The zero-order valence-electron chi connectivity index (χ0n) is 15.0. The molecule has 0 radical (unpaired) electrons. The molecule has 0 bridgehead atoms. The second-order valence-electron chi connectivity index (χ2n) is 6.54. The molecule has 0 saturated carbocycles. The Kier molecular flexibility index (Phi) is 4.34. The number of nitrogens with zero attached hydrogens (tertiary/aromatic N) is 4. The number of rotatable bonds is 3. The Labute approximate surface area is 159 Å². The summed E-state index contributed by atoms with van der Waals surface area (Å²) in [7, 11) is 0. The fourth-order valence-corrected chi connectivity index (χ4v) is 4.20. The first-order valence-corrected chi connectivity index (χ1v) is 9.43. The van der Waals surface area contributed by atoms with Crippen LogP contribution < -0.4 is 19.9 Å². The summed E-state index contributed by atoms with van der Waals surface area (Å²) in [6.07, 6.45) is 0. The molecule has 2 aliphatic heterocycles. The summed E-state index contributed by atoms with van der Waals surface area (Å²) in [5, 5.41) is 15.3. The monoisotopic (exact) mass is 389 g/mol. The number of ether oxygens (including phenoxy) is 1. The smallest absolute Gasteiger partial charge is 0.296 e. The normalized spacial score (nSPS) is 16.6. The fraction of sp³-hybridized carbons (Fsp3) is 0.412. The molecule has 2 aromatic rings. The molecule has 1 saturated heterocycles. The molecule has 0 unspecified atom stereocenters. The maximum atomic E-state index is 11.6. The molecule has 142 valence electrons. The molecule has 2 aliphatic rings. The summed E-state index contributed by atoms with van der Waals surface area (Å²) in [4.78, 5) is 32.7. The van der Waals surface area contributed by atoms with Gasteiger partial charge in [-0.3, -0.25) is 14.9 Å². The van der Waals surface area contributed by atoms with E-state index in [-0.39, 0.29) is 18.2 Å². The second kappa shape index (κ2) is 6.69. The quantitative estimate of drug-likeness (QED) is 0.635. The predicted molar refractivity (Wildman–Crippen MR) is 103 cm³/mol. The zero-order chi connectivity index (χ0) is 19.1. The van der Waals surface area contributed by atoms with Gasteiger partial charge in [-0.1, -0.05) is 0 Å². The van der Waals surface area contributed by atoms with E-state index in [9.17, 15) is 14.9 Å². The number of anilines is 3. The average molecular weight is 389 g/mol. The number of aromatic nitrogens is 1. The van der Waals surface area contributed by atoms with Gasteiger partial charge in [0.15, 0.2) is 17.5 Å². The topological polar surface area (TPSA) is 101 Å². The van der Waals surface area contributed by atoms with E-state index >= 15 is 0 Å². The van der Waals surface area contributed by atoms with Gasteiger partial charge in [0.05, 0.1) is 22.4 Å². The standard InChI is InChI=1S/C17H19N5O4S/c1-10-11(2)27-17(18-10)21-5-3-20(4-6-21)13-7-12-15(8-14(13)22(24)25)26-9-16(23)19-12/h7-8H,3-6,9H2,1-2H3,(H,19,23). The van der Waals surface area contributed by atoms with E-state index in [0.29, 0.717) is 30.2 Å². The molecule has 27 heavy (non-hydrogen) atoms. The number of hydrogen-bond acceptors (Lipinski definition) is 8. The van der Waals surface area contributed by atoms with Crippen molar-refractivity contribution in [1.82, 2.24) is 4.98 Å². The van der Waals surface area contributed by atoms with Crippen LogP contribution >= 0.6 is 11.3 Å². The minimum Gasteiger partial charge on any atom is -0.481 e. The molecule has 10 heteroatoms. The zero-order valence-corrected chi connectivity index (χ0v) is 15.8. The van der Waals surface area contributed by atoms with Gasteiger partial charge in [0.1, 0.15) is 5.69 Å². The van der Waals surface area contributed by atoms with E-state index in [2.05, 4.69) is 22.1 Å². The maximum Gasteiger partial charge on any atom is 0.296 e. The number of nitrogens with one attached hydrogen (secondary N) is 1. The van der Waals surface area contributed by atoms with Crippen molar-refractivity contribution in [2.24, 2.45) is 0 Å². The van der Waals surface area contributed by atoms with Crippen LogP contribution in [-0.2, 0) is 4.79 Å². The van der Waals surface area contributed by atoms with Gasteiger partial charge in [-0.2, -0.15) is 0 Å². The van der Waals surface area contributed by atoms with Gasteiger partial charge in [-0.05, 0) is 19.9 Å². The number of amides is 1. The van der Waals surface area contributed by atoms with Crippen LogP contribution in [0.15, 0.2) is 12.1 Å². The van der Waals surface area contributed by atoms with Crippen LogP contribution in [0.3, 0.4) is 0 Å². The molecule has 4 rings (SSSR count). The number of aryl methyl sites for hydroxylation is 2. The molecule has 0 aliphatic carbocycles. The molecule has 3 heterocycles. The largest absolute Gasteiger partial charge is 0.481 e. The van der Waals surface area contributed by atoms with Crippen LogP contribution in [0.5, 0.6) is 5.75 Å². The minimum absolute atomic E-state index is 0.0145. The Bertz CT molecular complexity index is 901. The lowest BCUT2D eigenvalue weighted by Gasteiger charge is -2.36. The van der Waals surface area contributed by atoms with Crippen molar-refractivity contribution in [3.05, 3.63) is 32.8 Å². The summed E-state index contributed by atoms with van der Waals surface area (Å²) >= 11 is 1.67. The Hall–Kier alpha value is -2.88. The van der Waals surface area contributed by atoms with Gasteiger partial charge >= 0.3 is 0 Å². The van der Waals surface area contributed by atoms with Crippen molar-refractivity contribution in [3.8, 4) is 5.75 Å². The number of carbonyl (C=O) groups is 1. The molecule has 1 aromatic heterocycles. The van der Waals surface area contributed by atoms with Crippen LogP contribution in [0.2, 0.25) is 0 Å². The van der Waals surface area contributed by atoms with E-state index in [1.165, 1.54) is 10.9 Å². The first-order chi connectivity index (χ1) is 12.9. The highest BCUT2D eigenvalue weighted by Crippen LogP contribution is 2.40. The van der Waals surface area contributed by atoms with E-state index in [4.69, 9.17) is 4.74 Å². The van der Waals surface area contributed by atoms with Crippen LogP contribution in [0.25, 0.3) is 0 Å². The maximum absolute atomic E-state index is 11.6. The van der Waals surface area contributed by atoms with Gasteiger partial charge in [-0.25, -0.2) is 4.98 Å². The Balaban J connectivity index is 1.57. The van der Waals surface area contributed by atoms with Crippen LogP contribution in [0, 0.1) is 24.0 Å². The Morgan fingerprint density at radius 3 is 2.56 bits per heavy atom. The van der Waals surface area contributed by atoms with E-state index in [0.717, 1.165) is 23.9 Å². The highest BCUT2D eigenvalue weighted by atomic mass is 32.1. The lowest BCUT2D eigenvalue weighted by Crippen LogP contribution is -2.46. The number of thiazole rings is 1. The molecule has 1 fully saturated rings. The summed E-state index contributed by atoms with van der Waals surface area (Å²) in [5.74, 6) is 0.0686. The molecule has 0 atom stereocenters. The first-order valence-electron chi connectivity index (χ1n) is 8.61. The number of piperazine rings is 1. The number of benzene rings is 1. The van der Waals surface area contributed by atoms with Crippen molar-refractivity contribution < 1.29 is 14.5 Å². The third kappa shape index (κ3) is 3.27. The van der Waals surface area contributed by atoms with Crippen molar-refractivity contribution in [2.75, 3.05) is 47.9 Å². The fourth-order valence-electron chi connectivity index (χ4n) is 3.23. The number of nitro benzene ring substituents is 1. The molecule has 1 aromatic carbocycles. The van der Waals surface area contributed by atoms with E-state index < -0.39 is 4.92 Å². The lowest BCUT2D eigenvalue weighted by molar-refractivity contribution is -0.384. The third-order valence-electron chi connectivity index (χ3n) is 4.81. The number of carbonyl (C=O) groups excluding carboxylic acids is 1. The van der Waals surface area contributed by atoms with Gasteiger partial charge in [0.25, 0.3) is 11.6 Å². The highest BCUT2D eigenvalue weighted by Gasteiger charge is 2.29. The third-order valence-corrected chi connectivity index (χ3v) is 5.95. The highest BCUT2D eigenvalue weighted by molar-refractivity contribution is 7.15. The van der Waals surface area contributed by atoms with Crippen LogP contribution in [0.4, 0.5) is 22.2 Å². The van der Waals surface area contributed by atoms with E-state index in [1.807, 2.05) is 11.8 Å². The van der Waals surface area contributed by atoms with Gasteiger partial charge in [0.2, 0.25) is 0 Å². The van der Waals surface area contributed by atoms with Crippen LogP contribution in [0.1, 0.15) is 10.6 Å². The minimum atomic E-state index is -0.407. The number of fused-ring (bicyclic) bond motifs is 1. The molecule has 1 N–H and O–H groups in total. The number of nitro groups is 1. The lowest BCUT2D eigenvalue weighted by atomic mass is 10.1. The summed E-state index contributed by atoms with van der Waals surface area (Å²) in [6.45, 7) is 6.64. The first kappa shape index (κ1) is 17.5. The SMILES string of the molecule is Cc1nc(N2CCN(c3cc4c(cc3[N+](=O)[O-])OCC(=O)N4)CC2)sc1C. The van der Waals surface area contributed by atoms with Gasteiger partial charge < -0.3 is 19.9 Å². The van der Waals surface area contributed by atoms with Gasteiger partial charge in [-0.15, -0.1) is 11.3 Å². The van der Waals surface area contributed by atoms with Crippen molar-refractivity contribution in [3.63, 3.8) is 0 Å². The second-order valence-corrected chi connectivity index (χ2v) is 7.72. The molecule has 9 nitrogen and oxygen atoms in total. The van der Waals surface area contributed by atoms with Crippen molar-refractivity contribution in [1.29, 1.82) is 0 Å². The molecule has 1 amide bonds.